The molecule has 1 aromatic carbocycles. The SMILES string of the molecule is NC(=S)c1nccnc1Oc1ccc(Cl)cc1. The first kappa shape index (κ1) is 11.8. The highest BCUT2D eigenvalue weighted by Crippen LogP contribution is 2.23. The van der Waals surface area contributed by atoms with Gasteiger partial charge in [0.2, 0.25) is 5.88 Å². The molecule has 0 aliphatic rings. The number of nitrogens with zero attached hydrogens (tertiary/aromatic N) is 2. The fourth-order valence-corrected chi connectivity index (χ4v) is 1.45. The molecule has 4 nitrogen and oxygen atoms in total. The Morgan fingerprint density at radius 1 is 1.18 bits per heavy atom. The molecule has 0 unspecified atom stereocenters. The number of hydrogen-bond donors (Lipinski definition) is 1. The third-order valence-electron chi connectivity index (χ3n) is 1.93. The zero-order valence-electron chi connectivity index (χ0n) is 8.63. The Hall–Kier alpha value is -1.72. The predicted octanol–water partition coefficient (Wildman–Crippen LogP) is 2.56. The molecule has 0 aliphatic carbocycles. The van der Waals surface area contributed by atoms with Crippen LogP contribution in [0.15, 0.2) is 36.7 Å². The first-order chi connectivity index (χ1) is 8.16. The van der Waals surface area contributed by atoms with Crippen molar-refractivity contribution < 1.29 is 4.74 Å². The molecule has 0 atom stereocenters. The minimum atomic E-state index is 0.141. The van der Waals surface area contributed by atoms with Crippen LogP contribution in [0.1, 0.15) is 5.69 Å². The molecular weight excluding hydrogens is 258 g/mol. The highest BCUT2D eigenvalue weighted by molar-refractivity contribution is 7.80. The summed E-state index contributed by atoms with van der Waals surface area (Å²) in [6.07, 6.45) is 3.01. The highest BCUT2D eigenvalue weighted by Gasteiger charge is 2.09. The standard InChI is InChI=1S/C11H8ClN3OS/c12-7-1-3-8(4-2-7)16-11-9(10(13)17)14-5-6-15-11/h1-6H,(H2,13,17). The first-order valence-corrected chi connectivity index (χ1v) is 5.49. The van der Waals surface area contributed by atoms with Crippen LogP contribution < -0.4 is 10.5 Å². The van der Waals surface area contributed by atoms with E-state index >= 15 is 0 Å². The lowest BCUT2D eigenvalue weighted by Gasteiger charge is -2.07. The average Bonchev–Trinajstić information content (AvgIpc) is 2.32. The molecule has 0 amide bonds. The van der Waals surface area contributed by atoms with Crippen molar-refractivity contribution in [1.29, 1.82) is 0 Å². The predicted molar refractivity (Wildman–Crippen MR) is 69.4 cm³/mol. The minimum absolute atomic E-state index is 0.141. The van der Waals surface area contributed by atoms with E-state index in [-0.39, 0.29) is 10.9 Å². The van der Waals surface area contributed by atoms with Crippen LogP contribution in [0.4, 0.5) is 0 Å². The summed E-state index contributed by atoms with van der Waals surface area (Å²) in [5, 5.41) is 0.631. The smallest absolute Gasteiger partial charge is 0.248 e. The van der Waals surface area contributed by atoms with Crippen LogP contribution in [-0.4, -0.2) is 15.0 Å². The van der Waals surface area contributed by atoms with Crippen LogP contribution in [0.5, 0.6) is 11.6 Å². The van der Waals surface area contributed by atoms with E-state index in [1.54, 1.807) is 24.3 Å². The molecule has 2 rings (SSSR count). The van der Waals surface area contributed by atoms with Gasteiger partial charge in [-0.3, -0.25) is 0 Å². The molecule has 17 heavy (non-hydrogen) atoms. The molecular formula is C11H8ClN3OS. The lowest BCUT2D eigenvalue weighted by atomic mass is 10.3. The van der Waals surface area contributed by atoms with E-state index in [0.717, 1.165) is 0 Å². The molecule has 0 bridgehead atoms. The lowest BCUT2D eigenvalue weighted by Crippen LogP contribution is -2.13. The van der Waals surface area contributed by atoms with Gasteiger partial charge in [-0.2, -0.15) is 0 Å². The monoisotopic (exact) mass is 265 g/mol. The van der Waals surface area contributed by atoms with Crippen molar-refractivity contribution in [2.75, 3.05) is 0 Å². The Kier molecular flexibility index (Phi) is 3.51. The molecule has 86 valence electrons. The first-order valence-electron chi connectivity index (χ1n) is 4.71. The molecule has 2 aromatic rings. The fraction of sp³-hybridized carbons (Fsp3) is 0. The minimum Gasteiger partial charge on any atom is -0.437 e. The summed E-state index contributed by atoms with van der Waals surface area (Å²) >= 11 is 10.6. The number of nitrogens with two attached hydrogens (primary N) is 1. The third-order valence-corrected chi connectivity index (χ3v) is 2.37. The van der Waals surface area contributed by atoms with E-state index in [9.17, 15) is 0 Å². The second-order valence-corrected chi connectivity index (χ2v) is 4.01. The quantitative estimate of drug-likeness (QED) is 0.865. The number of rotatable bonds is 3. The van der Waals surface area contributed by atoms with Gasteiger partial charge in [0.05, 0.1) is 0 Å². The Morgan fingerprint density at radius 3 is 2.47 bits per heavy atom. The van der Waals surface area contributed by atoms with Crippen LogP contribution in [0.2, 0.25) is 5.02 Å². The van der Waals surface area contributed by atoms with Gasteiger partial charge in [-0.15, -0.1) is 0 Å². The maximum absolute atomic E-state index is 5.77. The van der Waals surface area contributed by atoms with Gasteiger partial charge in [0.1, 0.15) is 10.7 Å². The normalized spacial score (nSPS) is 9.94. The van der Waals surface area contributed by atoms with Crippen molar-refractivity contribution in [2.24, 2.45) is 5.73 Å². The van der Waals surface area contributed by atoms with Gasteiger partial charge in [0, 0.05) is 17.4 Å². The van der Waals surface area contributed by atoms with Gasteiger partial charge in [0.15, 0.2) is 5.69 Å². The Morgan fingerprint density at radius 2 is 1.82 bits per heavy atom. The van der Waals surface area contributed by atoms with Crippen molar-refractivity contribution in [3.63, 3.8) is 0 Å². The molecule has 0 radical (unpaired) electrons. The third kappa shape index (κ3) is 2.89. The van der Waals surface area contributed by atoms with E-state index in [0.29, 0.717) is 16.5 Å². The molecule has 0 saturated carbocycles. The van der Waals surface area contributed by atoms with E-state index in [2.05, 4.69) is 9.97 Å². The van der Waals surface area contributed by atoms with Gasteiger partial charge in [-0.1, -0.05) is 23.8 Å². The van der Waals surface area contributed by atoms with Crippen LogP contribution in [0.25, 0.3) is 0 Å². The molecule has 6 heteroatoms. The molecule has 0 spiro atoms. The number of benzene rings is 1. The zero-order valence-corrected chi connectivity index (χ0v) is 10.2. The Balaban J connectivity index is 2.30. The van der Waals surface area contributed by atoms with Gasteiger partial charge in [0.25, 0.3) is 0 Å². The second-order valence-electron chi connectivity index (χ2n) is 3.13. The van der Waals surface area contributed by atoms with Crippen molar-refractivity contribution >= 4 is 28.8 Å². The van der Waals surface area contributed by atoms with Crippen molar-refractivity contribution in [3.05, 3.63) is 47.4 Å². The number of thiocarbonyl (C=S) groups is 1. The summed E-state index contributed by atoms with van der Waals surface area (Å²) < 4.78 is 5.53. The number of hydrogen-bond acceptors (Lipinski definition) is 4. The largest absolute Gasteiger partial charge is 0.437 e. The van der Waals surface area contributed by atoms with Gasteiger partial charge in [-0.25, -0.2) is 9.97 Å². The number of aromatic nitrogens is 2. The van der Waals surface area contributed by atoms with Gasteiger partial charge < -0.3 is 10.5 Å². The summed E-state index contributed by atoms with van der Waals surface area (Å²) in [7, 11) is 0. The van der Waals surface area contributed by atoms with Crippen molar-refractivity contribution in [2.45, 2.75) is 0 Å². The molecule has 0 saturated heterocycles. The molecule has 1 aromatic heterocycles. The molecule has 2 N–H and O–H groups in total. The maximum atomic E-state index is 5.77. The average molecular weight is 266 g/mol. The fourth-order valence-electron chi connectivity index (χ4n) is 1.18. The zero-order chi connectivity index (χ0) is 12.3. The number of halogens is 1. The maximum Gasteiger partial charge on any atom is 0.248 e. The Bertz CT molecular complexity index is 545. The van der Waals surface area contributed by atoms with Crippen LogP contribution in [0.3, 0.4) is 0 Å². The highest BCUT2D eigenvalue weighted by atomic mass is 35.5. The lowest BCUT2D eigenvalue weighted by molar-refractivity contribution is 0.459. The van der Waals surface area contributed by atoms with Crippen molar-refractivity contribution in [1.82, 2.24) is 9.97 Å². The molecule has 0 aliphatic heterocycles. The van der Waals surface area contributed by atoms with Crippen LogP contribution in [0, 0.1) is 0 Å². The van der Waals surface area contributed by atoms with Crippen molar-refractivity contribution in [3.8, 4) is 11.6 Å². The molecule has 0 fully saturated rings. The summed E-state index contributed by atoms with van der Waals surface area (Å²) in [4.78, 5) is 8.19. The van der Waals surface area contributed by atoms with Gasteiger partial charge in [-0.05, 0) is 24.3 Å². The van der Waals surface area contributed by atoms with E-state index in [4.69, 9.17) is 34.3 Å². The molecule has 1 heterocycles. The summed E-state index contributed by atoms with van der Waals surface area (Å²) in [6.45, 7) is 0. The van der Waals surface area contributed by atoms with Crippen LogP contribution >= 0.6 is 23.8 Å². The summed E-state index contributed by atoms with van der Waals surface area (Å²) in [5.41, 5.74) is 5.88. The van der Waals surface area contributed by atoms with E-state index < -0.39 is 0 Å². The topological polar surface area (TPSA) is 61.0 Å². The summed E-state index contributed by atoms with van der Waals surface area (Å²) in [6, 6.07) is 6.88. The number of ether oxygens (including phenoxy) is 1. The van der Waals surface area contributed by atoms with E-state index in [1.165, 1.54) is 12.4 Å². The Labute approximate surface area is 108 Å². The summed E-state index contributed by atoms with van der Waals surface area (Å²) in [5.74, 6) is 0.870. The van der Waals surface area contributed by atoms with Crippen LogP contribution in [-0.2, 0) is 0 Å². The van der Waals surface area contributed by atoms with E-state index in [1.807, 2.05) is 0 Å². The second kappa shape index (κ2) is 5.07. The van der Waals surface area contributed by atoms with Gasteiger partial charge >= 0.3 is 0 Å².